The van der Waals surface area contributed by atoms with Crippen LogP contribution >= 0.6 is 11.6 Å². The maximum atomic E-state index is 12.7. The van der Waals surface area contributed by atoms with Gasteiger partial charge in [-0.3, -0.25) is 14.5 Å². The van der Waals surface area contributed by atoms with Crippen LogP contribution in [0.3, 0.4) is 0 Å². The van der Waals surface area contributed by atoms with Crippen molar-refractivity contribution in [3.05, 3.63) is 64.7 Å². The molecular formula is C23H26ClN3O2. The molecule has 5 nitrogen and oxygen atoms in total. The van der Waals surface area contributed by atoms with Crippen LogP contribution in [0, 0.1) is 5.92 Å². The minimum absolute atomic E-state index is 0.127. The van der Waals surface area contributed by atoms with E-state index in [9.17, 15) is 9.59 Å². The molecule has 2 amide bonds. The second-order valence-electron chi connectivity index (χ2n) is 7.75. The first-order valence-corrected chi connectivity index (χ1v) is 10.6. The van der Waals surface area contributed by atoms with Crippen LogP contribution in [0.1, 0.15) is 24.0 Å². The summed E-state index contributed by atoms with van der Waals surface area (Å²) in [6.07, 6.45) is 2.52. The molecule has 0 radical (unpaired) electrons. The zero-order valence-electron chi connectivity index (χ0n) is 16.4. The normalized spacial score (nSPS) is 19.3. The summed E-state index contributed by atoms with van der Waals surface area (Å²) in [5.74, 6) is -0.875. The third-order valence-corrected chi connectivity index (χ3v) is 6.07. The molecule has 1 saturated heterocycles. The van der Waals surface area contributed by atoms with E-state index < -0.39 is 5.92 Å². The van der Waals surface area contributed by atoms with Gasteiger partial charge in [-0.2, -0.15) is 0 Å². The molecule has 4 rings (SSSR count). The molecule has 0 saturated carbocycles. The van der Waals surface area contributed by atoms with E-state index in [4.69, 9.17) is 11.6 Å². The monoisotopic (exact) mass is 411 g/mol. The maximum absolute atomic E-state index is 12.7. The number of nitrogens with zero attached hydrogens (tertiary/aromatic N) is 2. The summed E-state index contributed by atoms with van der Waals surface area (Å²) in [6.45, 7) is 4.14. The molecule has 0 bridgehead atoms. The van der Waals surface area contributed by atoms with E-state index in [1.165, 1.54) is 11.1 Å². The molecular weight excluding hydrogens is 386 g/mol. The van der Waals surface area contributed by atoms with Crippen LogP contribution in [0.2, 0.25) is 5.02 Å². The van der Waals surface area contributed by atoms with Gasteiger partial charge < -0.3 is 10.2 Å². The highest BCUT2D eigenvalue weighted by Crippen LogP contribution is 2.26. The van der Waals surface area contributed by atoms with Crippen molar-refractivity contribution in [2.75, 3.05) is 31.1 Å². The van der Waals surface area contributed by atoms with E-state index in [-0.39, 0.29) is 11.8 Å². The molecule has 2 aliphatic heterocycles. The van der Waals surface area contributed by atoms with Gasteiger partial charge in [0.2, 0.25) is 11.8 Å². The lowest BCUT2D eigenvalue weighted by molar-refractivity contribution is -0.132. The minimum Gasteiger partial charge on any atom is -0.355 e. The molecule has 0 aromatic heterocycles. The van der Waals surface area contributed by atoms with Gasteiger partial charge >= 0.3 is 0 Å². The molecule has 2 aromatic rings. The molecule has 29 heavy (non-hydrogen) atoms. The van der Waals surface area contributed by atoms with Crippen LogP contribution in [-0.2, 0) is 22.6 Å². The Morgan fingerprint density at radius 1 is 1.07 bits per heavy atom. The molecule has 152 valence electrons. The molecule has 0 aliphatic carbocycles. The van der Waals surface area contributed by atoms with Crippen molar-refractivity contribution < 1.29 is 9.59 Å². The van der Waals surface area contributed by atoms with Crippen molar-refractivity contribution in [1.29, 1.82) is 0 Å². The molecule has 2 aliphatic rings. The largest absolute Gasteiger partial charge is 0.355 e. The number of nitrogens with one attached hydrogen (secondary N) is 1. The van der Waals surface area contributed by atoms with Gasteiger partial charge in [0.05, 0.1) is 0 Å². The summed E-state index contributed by atoms with van der Waals surface area (Å²) < 4.78 is 0. The number of carbonyl (C=O) groups is 2. The lowest BCUT2D eigenvalue weighted by atomic mass is 10.00. The Kier molecular flexibility index (Phi) is 6.16. The Balaban J connectivity index is 1.21. The van der Waals surface area contributed by atoms with Crippen molar-refractivity contribution in [1.82, 2.24) is 10.2 Å². The fourth-order valence-electron chi connectivity index (χ4n) is 4.18. The Morgan fingerprint density at radius 2 is 1.83 bits per heavy atom. The Labute approximate surface area is 176 Å². The van der Waals surface area contributed by atoms with E-state index in [1.54, 1.807) is 17.0 Å². The number of hydrogen-bond acceptors (Lipinski definition) is 3. The summed E-state index contributed by atoms with van der Waals surface area (Å²) in [4.78, 5) is 29.3. The highest BCUT2D eigenvalue weighted by atomic mass is 35.5. The molecule has 2 aromatic carbocycles. The minimum atomic E-state index is -0.590. The average Bonchev–Trinajstić information content (AvgIpc) is 3.13. The van der Waals surface area contributed by atoms with Crippen LogP contribution < -0.4 is 10.2 Å². The predicted octanol–water partition coefficient (Wildman–Crippen LogP) is 3.26. The van der Waals surface area contributed by atoms with E-state index in [0.717, 1.165) is 38.2 Å². The van der Waals surface area contributed by atoms with E-state index in [2.05, 4.69) is 34.5 Å². The van der Waals surface area contributed by atoms with Gasteiger partial charge in [-0.25, -0.2) is 0 Å². The van der Waals surface area contributed by atoms with Crippen LogP contribution in [0.4, 0.5) is 5.69 Å². The van der Waals surface area contributed by atoms with Gasteiger partial charge in [0.1, 0.15) is 5.92 Å². The zero-order valence-corrected chi connectivity index (χ0v) is 17.2. The molecule has 6 heteroatoms. The fourth-order valence-corrected chi connectivity index (χ4v) is 4.31. The Hall–Kier alpha value is -2.37. The number of hydrogen-bond donors (Lipinski definition) is 1. The Morgan fingerprint density at radius 3 is 2.62 bits per heavy atom. The number of benzene rings is 2. The third kappa shape index (κ3) is 4.62. The number of halogens is 1. The molecule has 1 atom stereocenters. The van der Waals surface area contributed by atoms with E-state index in [0.29, 0.717) is 24.5 Å². The van der Waals surface area contributed by atoms with Gasteiger partial charge in [-0.1, -0.05) is 35.9 Å². The number of rotatable bonds is 6. The quantitative estimate of drug-likeness (QED) is 0.586. The molecule has 1 unspecified atom stereocenters. The van der Waals surface area contributed by atoms with Crippen molar-refractivity contribution in [2.45, 2.75) is 25.8 Å². The predicted molar refractivity (Wildman–Crippen MR) is 115 cm³/mol. The van der Waals surface area contributed by atoms with Gasteiger partial charge in [0, 0.05) is 43.4 Å². The summed E-state index contributed by atoms with van der Waals surface area (Å²) in [5.41, 5.74) is 3.64. The number of fused-ring (bicyclic) bond motifs is 1. The SMILES string of the molecule is O=C(NCCCN1CCc2ccccc2C1)C1CCN(c2ccc(Cl)cc2)C1=O. The molecule has 1 fully saturated rings. The highest BCUT2D eigenvalue weighted by Gasteiger charge is 2.37. The van der Waals surface area contributed by atoms with Crippen LogP contribution in [0.15, 0.2) is 48.5 Å². The second kappa shape index (κ2) is 8.97. The summed E-state index contributed by atoms with van der Waals surface area (Å²) in [5, 5.41) is 3.59. The number of carbonyl (C=O) groups excluding carboxylic acids is 2. The number of anilines is 1. The summed E-state index contributed by atoms with van der Waals surface area (Å²) in [6, 6.07) is 15.7. The van der Waals surface area contributed by atoms with Crippen LogP contribution in [-0.4, -0.2) is 42.9 Å². The van der Waals surface area contributed by atoms with E-state index >= 15 is 0 Å². The van der Waals surface area contributed by atoms with Crippen molar-refractivity contribution in [2.24, 2.45) is 5.92 Å². The van der Waals surface area contributed by atoms with Crippen molar-refractivity contribution in [3.8, 4) is 0 Å². The van der Waals surface area contributed by atoms with Crippen molar-refractivity contribution >= 4 is 29.1 Å². The van der Waals surface area contributed by atoms with Gasteiger partial charge in [-0.05, 0) is 54.7 Å². The van der Waals surface area contributed by atoms with Gasteiger partial charge in [0.15, 0.2) is 0 Å². The topological polar surface area (TPSA) is 52.7 Å². The standard InChI is InChI=1S/C23H26ClN3O2/c24-19-6-8-20(9-7-19)27-15-11-21(23(27)29)22(28)25-12-3-13-26-14-10-17-4-1-2-5-18(17)16-26/h1-2,4-9,21H,3,10-16H2,(H,25,28). The first kappa shape index (κ1) is 19.9. The smallest absolute Gasteiger partial charge is 0.239 e. The number of amides is 2. The molecule has 0 spiro atoms. The second-order valence-corrected chi connectivity index (χ2v) is 8.18. The van der Waals surface area contributed by atoms with E-state index in [1.807, 2.05) is 12.1 Å². The van der Waals surface area contributed by atoms with Crippen LogP contribution in [0.5, 0.6) is 0 Å². The average molecular weight is 412 g/mol. The van der Waals surface area contributed by atoms with Gasteiger partial charge in [-0.15, -0.1) is 0 Å². The maximum Gasteiger partial charge on any atom is 0.239 e. The zero-order chi connectivity index (χ0) is 20.2. The summed E-state index contributed by atoms with van der Waals surface area (Å²) in [7, 11) is 0. The highest BCUT2D eigenvalue weighted by molar-refractivity contribution is 6.30. The molecule has 1 N–H and O–H groups in total. The first-order chi connectivity index (χ1) is 14.1. The molecule has 2 heterocycles. The lowest BCUT2D eigenvalue weighted by Crippen LogP contribution is -2.38. The third-order valence-electron chi connectivity index (χ3n) is 5.82. The van der Waals surface area contributed by atoms with Gasteiger partial charge in [0.25, 0.3) is 0 Å². The van der Waals surface area contributed by atoms with Crippen molar-refractivity contribution in [3.63, 3.8) is 0 Å². The first-order valence-electron chi connectivity index (χ1n) is 10.3. The Bertz CT molecular complexity index is 884. The fraction of sp³-hybridized carbons (Fsp3) is 0.391. The van der Waals surface area contributed by atoms with Crippen LogP contribution in [0.25, 0.3) is 0 Å². The lowest BCUT2D eigenvalue weighted by Gasteiger charge is -2.28. The summed E-state index contributed by atoms with van der Waals surface area (Å²) >= 11 is 5.91.